The minimum absolute atomic E-state index is 0.212. The van der Waals surface area contributed by atoms with Crippen LogP contribution in [-0.4, -0.2) is 25.9 Å². The van der Waals surface area contributed by atoms with Gasteiger partial charge in [-0.3, -0.25) is 0 Å². The fourth-order valence-corrected chi connectivity index (χ4v) is 2.68. The second-order valence-electron chi connectivity index (χ2n) is 5.57. The van der Waals surface area contributed by atoms with Gasteiger partial charge in [-0.15, -0.1) is 0 Å². The molecule has 1 aromatic carbocycles. The van der Waals surface area contributed by atoms with Gasteiger partial charge in [0.05, 0.1) is 11.8 Å². The van der Waals surface area contributed by atoms with Crippen LogP contribution >= 0.6 is 10.7 Å². The lowest BCUT2D eigenvalue weighted by Gasteiger charge is -2.23. The van der Waals surface area contributed by atoms with Crippen molar-refractivity contribution in [3.05, 3.63) is 35.4 Å². The molecule has 0 aliphatic carbocycles. The van der Waals surface area contributed by atoms with Gasteiger partial charge < -0.3 is 10.1 Å². The largest absolute Gasteiger partial charge is 0.444 e. The van der Waals surface area contributed by atoms with Crippen LogP contribution in [0.3, 0.4) is 0 Å². The first kappa shape index (κ1) is 18.6. The monoisotopic (exact) mass is 355 g/mol. The highest BCUT2D eigenvalue weighted by molar-refractivity contribution is 8.13. The summed E-state index contributed by atoms with van der Waals surface area (Å²) in [4.78, 5) is 11.7. The summed E-state index contributed by atoms with van der Waals surface area (Å²) in [6, 6.07) is 1.26. The summed E-state index contributed by atoms with van der Waals surface area (Å²) in [5.41, 5.74) is -1.04. The van der Waals surface area contributed by atoms with E-state index in [9.17, 15) is 22.0 Å². The van der Waals surface area contributed by atoms with E-state index in [0.29, 0.717) is 6.07 Å². The number of benzene rings is 1. The molecule has 1 atom stereocenters. The molecule has 1 amide bonds. The zero-order valence-electron chi connectivity index (χ0n) is 12.2. The lowest BCUT2D eigenvalue weighted by molar-refractivity contribution is 0.0508. The lowest BCUT2D eigenvalue weighted by Crippen LogP contribution is -2.37. The van der Waals surface area contributed by atoms with Gasteiger partial charge >= 0.3 is 6.09 Å². The number of carbonyl (C=O) groups is 1. The normalized spacial score (nSPS) is 13.5. The van der Waals surface area contributed by atoms with Crippen molar-refractivity contribution in [3.63, 3.8) is 0 Å². The molecular formula is C13H16ClF2NO4S. The van der Waals surface area contributed by atoms with Crippen molar-refractivity contribution >= 4 is 25.8 Å². The molecular weight excluding hydrogens is 340 g/mol. The van der Waals surface area contributed by atoms with Gasteiger partial charge in [0, 0.05) is 22.3 Å². The first-order valence-electron chi connectivity index (χ1n) is 6.24. The molecule has 22 heavy (non-hydrogen) atoms. The molecule has 1 aromatic rings. The zero-order chi connectivity index (χ0) is 17.1. The standard InChI is InChI=1S/C13H16ClF2NO4S/c1-13(2,3)21-12(18)17-11(7-22(14,19)20)9-5-4-8(15)6-10(9)16/h4-6,11H,7H2,1-3H3,(H,17,18). The second kappa shape index (κ2) is 6.78. The molecule has 0 bridgehead atoms. The Morgan fingerprint density at radius 3 is 2.41 bits per heavy atom. The summed E-state index contributed by atoms with van der Waals surface area (Å²) >= 11 is 0. The Bertz CT molecular complexity index is 658. The van der Waals surface area contributed by atoms with Gasteiger partial charge in [0.25, 0.3) is 0 Å². The Kier molecular flexibility index (Phi) is 5.75. The summed E-state index contributed by atoms with van der Waals surface area (Å²) in [5, 5.41) is 2.22. The smallest absolute Gasteiger partial charge is 0.408 e. The SMILES string of the molecule is CC(C)(C)OC(=O)NC(CS(=O)(=O)Cl)c1ccc(F)cc1F. The van der Waals surface area contributed by atoms with Crippen molar-refractivity contribution in [2.75, 3.05) is 5.75 Å². The van der Waals surface area contributed by atoms with Crippen LogP contribution in [-0.2, 0) is 13.8 Å². The van der Waals surface area contributed by atoms with Crippen LogP contribution < -0.4 is 5.32 Å². The highest BCUT2D eigenvalue weighted by atomic mass is 35.7. The number of rotatable bonds is 4. The molecule has 0 aromatic heterocycles. The van der Waals surface area contributed by atoms with E-state index in [-0.39, 0.29) is 5.56 Å². The maximum absolute atomic E-state index is 13.8. The molecule has 0 spiro atoms. The topological polar surface area (TPSA) is 72.5 Å². The molecule has 0 aliphatic rings. The number of hydrogen-bond acceptors (Lipinski definition) is 4. The third-order valence-corrected chi connectivity index (χ3v) is 3.50. The van der Waals surface area contributed by atoms with Crippen LogP contribution in [0.5, 0.6) is 0 Å². The first-order valence-corrected chi connectivity index (χ1v) is 8.72. The number of halogens is 3. The summed E-state index contributed by atoms with van der Waals surface area (Å²) in [7, 11) is 1.12. The fraction of sp³-hybridized carbons (Fsp3) is 0.462. The average molecular weight is 356 g/mol. The van der Waals surface area contributed by atoms with E-state index in [1.165, 1.54) is 0 Å². The molecule has 0 saturated carbocycles. The number of alkyl carbamates (subject to hydrolysis) is 1. The van der Waals surface area contributed by atoms with E-state index in [1.54, 1.807) is 20.8 Å². The van der Waals surface area contributed by atoms with Gasteiger partial charge in [0.1, 0.15) is 17.2 Å². The second-order valence-corrected chi connectivity index (χ2v) is 8.39. The number of amides is 1. The predicted molar refractivity (Wildman–Crippen MR) is 78.1 cm³/mol. The predicted octanol–water partition coefficient (Wildman–Crippen LogP) is 3.10. The van der Waals surface area contributed by atoms with E-state index in [4.69, 9.17) is 15.4 Å². The van der Waals surface area contributed by atoms with Gasteiger partial charge in [-0.25, -0.2) is 22.0 Å². The molecule has 1 rings (SSSR count). The quantitative estimate of drug-likeness (QED) is 0.842. The van der Waals surface area contributed by atoms with Crippen molar-refractivity contribution < 1.29 is 26.7 Å². The Hall–Kier alpha value is -1.41. The van der Waals surface area contributed by atoms with Crippen LogP contribution in [0.2, 0.25) is 0 Å². The molecule has 124 valence electrons. The third kappa shape index (κ3) is 6.57. The lowest BCUT2D eigenvalue weighted by atomic mass is 10.1. The molecule has 0 aliphatic heterocycles. The fourth-order valence-electron chi connectivity index (χ4n) is 1.64. The van der Waals surface area contributed by atoms with E-state index in [2.05, 4.69) is 5.32 Å². The van der Waals surface area contributed by atoms with Crippen molar-refractivity contribution in [2.24, 2.45) is 0 Å². The molecule has 0 fully saturated rings. The Balaban J connectivity index is 3.06. The summed E-state index contributed by atoms with van der Waals surface area (Å²) in [6.45, 7) is 4.83. The third-order valence-electron chi connectivity index (χ3n) is 2.39. The van der Waals surface area contributed by atoms with Crippen LogP contribution in [0.25, 0.3) is 0 Å². The summed E-state index contributed by atoms with van der Waals surface area (Å²) in [6.07, 6.45) is -0.943. The van der Waals surface area contributed by atoms with Gasteiger partial charge in [-0.05, 0) is 26.8 Å². The zero-order valence-corrected chi connectivity index (χ0v) is 13.8. The number of nitrogens with one attached hydrogen (secondary N) is 1. The molecule has 0 heterocycles. The van der Waals surface area contributed by atoms with Crippen molar-refractivity contribution in [2.45, 2.75) is 32.4 Å². The average Bonchev–Trinajstić information content (AvgIpc) is 2.22. The van der Waals surface area contributed by atoms with E-state index >= 15 is 0 Å². The van der Waals surface area contributed by atoms with Gasteiger partial charge in [-0.1, -0.05) is 6.07 Å². The minimum atomic E-state index is -4.05. The molecule has 0 radical (unpaired) electrons. The highest BCUT2D eigenvalue weighted by Crippen LogP contribution is 2.22. The molecule has 1 N–H and O–H groups in total. The Morgan fingerprint density at radius 2 is 1.95 bits per heavy atom. The first-order chi connectivity index (χ1) is 9.87. The van der Waals surface area contributed by atoms with E-state index in [0.717, 1.165) is 12.1 Å². The minimum Gasteiger partial charge on any atom is -0.444 e. The van der Waals surface area contributed by atoms with Gasteiger partial charge in [0.15, 0.2) is 0 Å². The molecule has 9 heteroatoms. The maximum atomic E-state index is 13.8. The number of hydrogen-bond donors (Lipinski definition) is 1. The van der Waals surface area contributed by atoms with Crippen LogP contribution in [0.4, 0.5) is 13.6 Å². The Morgan fingerprint density at radius 1 is 1.36 bits per heavy atom. The highest BCUT2D eigenvalue weighted by Gasteiger charge is 2.26. The van der Waals surface area contributed by atoms with Crippen LogP contribution in [0, 0.1) is 11.6 Å². The van der Waals surface area contributed by atoms with E-state index < -0.39 is 44.2 Å². The van der Waals surface area contributed by atoms with Gasteiger partial charge in [-0.2, -0.15) is 0 Å². The molecule has 5 nitrogen and oxygen atoms in total. The van der Waals surface area contributed by atoms with Crippen LogP contribution in [0.1, 0.15) is 32.4 Å². The Labute approximate surface area is 132 Å². The maximum Gasteiger partial charge on any atom is 0.408 e. The number of carbonyl (C=O) groups excluding carboxylic acids is 1. The van der Waals surface area contributed by atoms with Crippen molar-refractivity contribution in [3.8, 4) is 0 Å². The number of ether oxygens (including phenoxy) is 1. The van der Waals surface area contributed by atoms with Gasteiger partial charge in [0.2, 0.25) is 9.05 Å². The summed E-state index contributed by atoms with van der Waals surface area (Å²) in [5.74, 6) is -2.59. The molecule has 0 saturated heterocycles. The van der Waals surface area contributed by atoms with E-state index in [1.807, 2.05) is 0 Å². The van der Waals surface area contributed by atoms with Crippen molar-refractivity contribution in [1.29, 1.82) is 0 Å². The summed E-state index contributed by atoms with van der Waals surface area (Å²) < 4.78 is 54.2. The van der Waals surface area contributed by atoms with Crippen molar-refractivity contribution in [1.82, 2.24) is 5.32 Å². The van der Waals surface area contributed by atoms with Crippen LogP contribution in [0.15, 0.2) is 18.2 Å². The molecule has 1 unspecified atom stereocenters.